The van der Waals surface area contributed by atoms with Crippen LogP contribution < -0.4 is 0 Å². The Morgan fingerprint density at radius 2 is 1.95 bits per heavy atom. The third-order valence-electron chi connectivity index (χ3n) is 3.25. The molecule has 1 N–H and O–H groups in total. The van der Waals surface area contributed by atoms with E-state index in [0.29, 0.717) is 5.75 Å². The first-order valence-electron chi connectivity index (χ1n) is 6.64. The first-order chi connectivity index (χ1) is 10.2. The molecule has 0 spiro atoms. The molecule has 0 aliphatic rings. The summed E-state index contributed by atoms with van der Waals surface area (Å²) in [4.78, 5) is 5.43. The zero-order valence-corrected chi connectivity index (χ0v) is 13.6. The van der Waals surface area contributed by atoms with Crippen LogP contribution in [0, 0.1) is 0 Å². The molecular weight excluding hydrogens is 346 g/mol. The summed E-state index contributed by atoms with van der Waals surface area (Å²) in [6, 6.07) is 17.9. The van der Waals surface area contributed by atoms with Crippen molar-refractivity contribution in [2.24, 2.45) is 0 Å². The van der Waals surface area contributed by atoms with Gasteiger partial charge in [-0.15, -0.1) is 11.8 Å². The van der Waals surface area contributed by atoms with Gasteiger partial charge in [0.05, 0.1) is 11.6 Å². The monoisotopic (exact) mass is 359 g/mol. The second-order valence-corrected chi connectivity index (χ2v) is 6.63. The molecule has 0 aliphatic heterocycles. The number of hydrogen-bond acceptors (Lipinski definition) is 3. The lowest BCUT2D eigenvalue weighted by atomic mass is 10.1. The van der Waals surface area contributed by atoms with Crippen LogP contribution in [-0.4, -0.2) is 15.8 Å². The van der Waals surface area contributed by atoms with Crippen molar-refractivity contribution in [2.45, 2.75) is 11.0 Å². The number of nitrogens with zero attached hydrogens (tertiary/aromatic N) is 1. The van der Waals surface area contributed by atoms with Crippen molar-refractivity contribution in [1.29, 1.82) is 0 Å². The number of benzene rings is 2. The van der Waals surface area contributed by atoms with Crippen LogP contribution >= 0.6 is 27.7 Å². The molecule has 0 saturated heterocycles. The Morgan fingerprint density at radius 1 is 1.10 bits per heavy atom. The number of aliphatic hydroxyl groups excluding tert-OH is 1. The zero-order chi connectivity index (χ0) is 14.7. The molecule has 0 bridgehead atoms. The molecule has 3 rings (SSSR count). The van der Waals surface area contributed by atoms with Crippen LogP contribution in [0.25, 0.3) is 10.9 Å². The van der Waals surface area contributed by atoms with Crippen molar-refractivity contribution >= 4 is 38.6 Å². The van der Waals surface area contributed by atoms with Gasteiger partial charge in [0.25, 0.3) is 0 Å². The van der Waals surface area contributed by atoms with E-state index in [-0.39, 0.29) is 0 Å². The lowest BCUT2D eigenvalue weighted by Crippen LogP contribution is -2.00. The van der Waals surface area contributed by atoms with Crippen LogP contribution in [0.1, 0.15) is 11.7 Å². The van der Waals surface area contributed by atoms with Crippen LogP contribution in [0.3, 0.4) is 0 Å². The maximum absolute atomic E-state index is 10.4. The summed E-state index contributed by atoms with van der Waals surface area (Å²) in [7, 11) is 0. The Labute approximate surface area is 136 Å². The van der Waals surface area contributed by atoms with Crippen molar-refractivity contribution in [2.75, 3.05) is 5.75 Å². The van der Waals surface area contributed by atoms with Crippen molar-refractivity contribution in [3.63, 3.8) is 0 Å². The Hall–Kier alpha value is -1.36. The van der Waals surface area contributed by atoms with Crippen LogP contribution in [0.15, 0.2) is 70.2 Å². The Bertz CT molecular complexity index is 762. The third kappa shape index (κ3) is 3.46. The minimum Gasteiger partial charge on any atom is -0.388 e. The maximum Gasteiger partial charge on any atom is 0.0884 e. The average molecular weight is 360 g/mol. The smallest absolute Gasteiger partial charge is 0.0884 e. The minimum atomic E-state index is -0.494. The van der Waals surface area contributed by atoms with Gasteiger partial charge in [0.15, 0.2) is 0 Å². The van der Waals surface area contributed by atoms with Crippen molar-refractivity contribution in [3.8, 4) is 0 Å². The lowest BCUT2D eigenvalue weighted by Gasteiger charge is -2.12. The number of aliphatic hydroxyl groups is 1. The largest absolute Gasteiger partial charge is 0.388 e. The summed E-state index contributed by atoms with van der Waals surface area (Å²) in [6.45, 7) is 0. The molecule has 0 radical (unpaired) electrons. The third-order valence-corrected chi connectivity index (χ3v) is 5.35. The van der Waals surface area contributed by atoms with Crippen LogP contribution in [-0.2, 0) is 0 Å². The fraction of sp³-hybridized carbons (Fsp3) is 0.118. The molecule has 0 saturated carbocycles. The highest BCUT2D eigenvalue weighted by molar-refractivity contribution is 9.10. The summed E-state index contributed by atoms with van der Waals surface area (Å²) in [5.41, 5.74) is 1.88. The van der Waals surface area contributed by atoms with Gasteiger partial charge < -0.3 is 5.11 Å². The fourth-order valence-electron chi connectivity index (χ4n) is 2.13. The number of fused-ring (bicyclic) bond motifs is 1. The van der Waals surface area contributed by atoms with Gasteiger partial charge in [-0.1, -0.05) is 24.3 Å². The standard InChI is InChI=1S/C17H14BrNOS/c18-14-5-1-2-6-17(14)21-11-16(20)13-7-8-15-12(10-13)4-3-9-19-15/h1-10,16,20H,11H2. The molecular formula is C17H14BrNOS. The molecule has 2 nitrogen and oxygen atoms in total. The highest BCUT2D eigenvalue weighted by Gasteiger charge is 2.10. The molecule has 1 atom stereocenters. The number of aromatic nitrogens is 1. The summed E-state index contributed by atoms with van der Waals surface area (Å²) in [5, 5.41) is 11.4. The average Bonchev–Trinajstić information content (AvgIpc) is 2.53. The van der Waals surface area contributed by atoms with Gasteiger partial charge in [0.2, 0.25) is 0 Å². The number of pyridine rings is 1. The van der Waals surface area contributed by atoms with Crippen LogP contribution in [0.2, 0.25) is 0 Å². The summed E-state index contributed by atoms with van der Waals surface area (Å²) >= 11 is 5.17. The van der Waals surface area contributed by atoms with Gasteiger partial charge in [-0.3, -0.25) is 4.98 Å². The van der Waals surface area contributed by atoms with E-state index in [4.69, 9.17) is 0 Å². The van der Waals surface area contributed by atoms with Gasteiger partial charge in [-0.25, -0.2) is 0 Å². The molecule has 4 heteroatoms. The zero-order valence-electron chi connectivity index (χ0n) is 11.2. The van der Waals surface area contributed by atoms with E-state index < -0.39 is 6.10 Å². The second kappa shape index (κ2) is 6.60. The molecule has 1 heterocycles. The van der Waals surface area contributed by atoms with Gasteiger partial charge in [-0.05, 0) is 51.8 Å². The van der Waals surface area contributed by atoms with E-state index in [9.17, 15) is 5.11 Å². The van der Waals surface area contributed by atoms with Crippen molar-refractivity contribution in [1.82, 2.24) is 4.98 Å². The van der Waals surface area contributed by atoms with E-state index in [2.05, 4.69) is 20.9 Å². The van der Waals surface area contributed by atoms with Crippen molar-refractivity contribution < 1.29 is 5.11 Å². The Kier molecular flexibility index (Phi) is 4.58. The number of thioether (sulfide) groups is 1. The first kappa shape index (κ1) is 14.6. The number of halogens is 1. The van der Waals surface area contributed by atoms with Crippen LogP contribution in [0.4, 0.5) is 0 Å². The Morgan fingerprint density at radius 3 is 2.81 bits per heavy atom. The highest BCUT2D eigenvalue weighted by atomic mass is 79.9. The molecule has 2 aromatic carbocycles. The molecule has 106 valence electrons. The Balaban J connectivity index is 1.75. The van der Waals surface area contributed by atoms with Gasteiger partial charge in [-0.2, -0.15) is 0 Å². The normalized spacial score (nSPS) is 12.5. The molecule has 0 aliphatic carbocycles. The quantitative estimate of drug-likeness (QED) is 0.677. The SMILES string of the molecule is OC(CSc1ccccc1Br)c1ccc2ncccc2c1. The number of rotatable bonds is 4. The predicted octanol–water partition coefficient (Wildman–Crippen LogP) is 4.82. The maximum atomic E-state index is 10.4. The van der Waals surface area contributed by atoms with Gasteiger partial charge in [0.1, 0.15) is 0 Å². The van der Waals surface area contributed by atoms with E-state index in [0.717, 1.165) is 25.8 Å². The number of hydrogen-bond donors (Lipinski definition) is 1. The minimum absolute atomic E-state index is 0.494. The van der Waals surface area contributed by atoms with E-state index >= 15 is 0 Å². The summed E-state index contributed by atoms with van der Waals surface area (Å²) in [5.74, 6) is 0.619. The molecule has 1 aromatic heterocycles. The molecule has 21 heavy (non-hydrogen) atoms. The predicted molar refractivity (Wildman–Crippen MR) is 91.6 cm³/mol. The van der Waals surface area contributed by atoms with Crippen LogP contribution in [0.5, 0.6) is 0 Å². The molecule has 0 fully saturated rings. The fourth-order valence-corrected chi connectivity index (χ4v) is 3.67. The van der Waals surface area contributed by atoms with Crippen molar-refractivity contribution in [3.05, 3.63) is 70.8 Å². The first-order valence-corrected chi connectivity index (χ1v) is 8.42. The topological polar surface area (TPSA) is 33.1 Å². The molecule has 3 aromatic rings. The van der Waals surface area contributed by atoms with Gasteiger partial charge >= 0.3 is 0 Å². The summed E-state index contributed by atoms with van der Waals surface area (Å²) < 4.78 is 1.06. The van der Waals surface area contributed by atoms with Gasteiger partial charge in [0, 0.05) is 26.7 Å². The molecule has 1 unspecified atom stereocenters. The van der Waals surface area contributed by atoms with E-state index in [1.54, 1.807) is 18.0 Å². The second-order valence-electron chi connectivity index (χ2n) is 4.71. The summed E-state index contributed by atoms with van der Waals surface area (Å²) in [6.07, 6.45) is 1.29. The van der Waals surface area contributed by atoms with E-state index in [1.165, 1.54) is 0 Å². The highest BCUT2D eigenvalue weighted by Crippen LogP contribution is 2.30. The lowest BCUT2D eigenvalue weighted by molar-refractivity contribution is 0.204. The molecule has 0 amide bonds. The van der Waals surface area contributed by atoms with E-state index in [1.807, 2.05) is 54.6 Å².